The quantitative estimate of drug-likeness (QED) is 0.631. The maximum absolute atomic E-state index is 12.7. The molecule has 3 rings (SSSR count). The molecule has 9 heteroatoms. The highest BCUT2D eigenvalue weighted by molar-refractivity contribution is 7.16. The fraction of sp³-hybridized carbons (Fsp3) is 0.333. The average Bonchev–Trinajstić information content (AvgIpc) is 3.33. The minimum atomic E-state index is -0.497. The van der Waals surface area contributed by atoms with Crippen molar-refractivity contribution in [2.75, 3.05) is 12.4 Å². The second kappa shape index (κ2) is 8.01. The van der Waals surface area contributed by atoms with Crippen molar-refractivity contribution in [2.45, 2.75) is 20.3 Å². The number of hydrogen-bond acceptors (Lipinski definition) is 7. The molecule has 0 unspecified atom stereocenters. The Bertz CT molecular complexity index is 958. The molecule has 0 aliphatic heterocycles. The first kappa shape index (κ1) is 19.2. The van der Waals surface area contributed by atoms with E-state index in [1.54, 1.807) is 24.5 Å². The smallest absolute Gasteiger partial charge is 0.357 e. The maximum Gasteiger partial charge on any atom is 0.357 e. The van der Waals surface area contributed by atoms with Crippen LogP contribution >= 0.6 is 22.7 Å². The van der Waals surface area contributed by atoms with E-state index < -0.39 is 5.97 Å². The largest absolute Gasteiger partial charge is 0.464 e. The first-order chi connectivity index (χ1) is 12.9. The highest BCUT2D eigenvalue weighted by atomic mass is 32.1. The van der Waals surface area contributed by atoms with E-state index in [0.29, 0.717) is 23.2 Å². The second-order valence-corrected chi connectivity index (χ2v) is 8.38. The van der Waals surface area contributed by atoms with Gasteiger partial charge in [0.25, 0.3) is 5.91 Å². The average molecular weight is 405 g/mol. The Hall–Kier alpha value is -2.52. The number of nitrogens with zero attached hydrogens (tertiary/aromatic N) is 3. The molecule has 0 saturated carbocycles. The molecule has 3 aromatic rings. The summed E-state index contributed by atoms with van der Waals surface area (Å²) >= 11 is 2.85. The summed E-state index contributed by atoms with van der Waals surface area (Å²) in [5, 5.41) is 9.50. The van der Waals surface area contributed by atoms with Crippen molar-refractivity contribution in [3.8, 4) is 10.6 Å². The van der Waals surface area contributed by atoms with Gasteiger partial charge in [-0.25, -0.2) is 9.78 Å². The summed E-state index contributed by atoms with van der Waals surface area (Å²) in [6.45, 7) is 4.11. The van der Waals surface area contributed by atoms with Gasteiger partial charge in [0, 0.05) is 11.9 Å². The van der Waals surface area contributed by atoms with Crippen LogP contribution in [-0.2, 0) is 18.2 Å². The van der Waals surface area contributed by atoms with Crippen LogP contribution < -0.4 is 5.32 Å². The Labute approximate surface area is 165 Å². The maximum atomic E-state index is 12.7. The van der Waals surface area contributed by atoms with Crippen LogP contribution in [-0.4, -0.2) is 33.8 Å². The van der Waals surface area contributed by atoms with Crippen molar-refractivity contribution in [1.82, 2.24) is 14.8 Å². The Kier molecular flexibility index (Phi) is 5.71. The molecule has 3 heterocycles. The van der Waals surface area contributed by atoms with Gasteiger partial charge in [0.2, 0.25) is 0 Å². The minimum absolute atomic E-state index is 0.260. The van der Waals surface area contributed by atoms with Crippen molar-refractivity contribution < 1.29 is 14.3 Å². The molecule has 0 aliphatic carbocycles. The third-order valence-corrected chi connectivity index (χ3v) is 5.66. The highest BCUT2D eigenvalue weighted by Gasteiger charge is 2.22. The van der Waals surface area contributed by atoms with E-state index in [0.717, 1.165) is 15.4 Å². The molecule has 0 atom stereocenters. The number of carbonyl (C=O) groups excluding carboxylic acids is 2. The monoisotopic (exact) mass is 404 g/mol. The van der Waals surface area contributed by atoms with Gasteiger partial charge in [-0.05, 0) is 29.9 Å². The molecule has 0 fully saturated rings. The molecule has 0 spiro atoms. The van der Waals surface area contributed by atoms with Crippen LogP contribution in [0.2, 0.25) is 0 Å². The zero-order valence-electron chi connectivity index (χ0n) is 15.5. The Morgan fingerprint density at radius 3 is 2.78 bits per heavy atom. The van der Waals surface area contributed by atoms with Crippen molar-refractivity contribution >= 4 is 39.7 Å². The fourth-order valence-corrected chi connectivity index (χ4v) is 4.39. The van der Waals surface area contributed by atoms with Gasteiger partial charge in [0.05, 0.1) is 12.0 Å². The molecule has 0 aromatic carbocycles. The summed E-state index contributed by atoms with van der Waals surface area (Å²) in [5.74, 6) is -0.472. The van der Waals surface area contributed by atoms with Gasteiger partial charge >= 0.3 is 5.97 Å². The van der Waals surface area contributed by atoms with Crippen molar-refractivity contribution in [1.29, 1.82) is 0 Å². The third kappa shape index (κ3) is 4.25. The van der Waals surface area contributed by atoms with Gasteiger partial charge in [0.15, 0.2) is 10.8 Å². The van der Waals surface area contributed by atoms with E-state index in [1.165, 1.54) is 23.1 Å². The highest BCUT2D eigenvalue weighted by Crippen LogP contribution is 2.28. The van der Waals surface area contributed by atoms with E-state index in [1.807, 2.05) is 17.5 Å². The molecule has 0 radical (unpaired) electrons. The molecule has 7 nitrogen and oxygen atoms in total. The lowest BCUT2D eigenvalue weighted by Crippen LogP contribution is -2.16. The van der Waals surface area contributed by atoms with Gasteiger partial charge in [-0.2, -0.15) is 5.10 Å². The minimum Gasteiger partial charge on any atom is -0.464 e. The molecule has 3 aromatic heterocycles. The van der Waals surface area contributed by atoms with Crippen LogP contribution in [0.1, 0.15) is 39.7 Å². The standard InChI is InChI=1S/C18H20N4O3S2/c1-10(2)8-14-15(17(24)25-4)19-18(27-14)20-16(23)12-9-11(21-22(12)3)13-6-5-7-26-13/h5-7,9-10H,8H2,1-4H3,(H,19,20,23). The number of hydrogen-bond donors (Lipinski definition) is 1. The number of carbonyl (C=O) groups is 2. The van der Waals surface area contributed by atoms with Crippen LogP contribution in [0.25, 0.3) is 10.6 Å². The number of thiophene rings is 1. The summed E-state index contributed by atoms with van der Waals surface area (Å²) < 4.78 is 6.34. The molecule has 27 heavy (non-hydrogen) atoms. The number of aryl methyl sites for hydroxylation is 1. The van der Waals surface area contributed by atoms with Crippen molar-refractivity contribution in [3.05, 3.63) is 39.8 Å². The number of rotatable bonds is 6. The number of esters is 1. The number of aromatic nitrogens is 3. The van der Waals surface area contributed by atoms with Crippen LogP contribution in [0.4, 0.5) is 5.13 Å². The van der Waals surface area contributed by atoms with E-state index in [-0.39, 0.29) is 11.6 Å². The normalized spacial score (nSPS) is 11.0. The molecule has 1 amide bonds. The molecule has 142 valence electrons. The second-order valence-electron chi connectivity index (χ2n) is 6.35. The van der Waals surface area contributed by atoms with Gasteiger partial charge in [-0.15, -0.1) is 22.7 Å². The summed E-state index contributed by atoms with van der Waals surface area (Å²) in [6, 6.07) is 5.63. The van der Waals surface area contributed by atoms with Crippen LogP contribution in [0, 0.1) is 5.92 Å². The summed E-state index contributed by atoms with van der Waals surface area (Å²) in [7, 11) is 3.04. The van der Waals surface area contributed by atoms with E-state index in [2.05, 4.69) is 29.2 Å². The Morgan fingerprint density at radius 2 is 2.15 bits per heavy atom. The van der Waals surface area contributed by atoms with E-state index >= 15 is 0 Å². The predicted molar refractivity (Wildman–Crippen MR) is 106 cm³/mol. The molecule has 0 bridgehead atoms. The SMILES string of the molecule is COC(=O)c1nc(NC(=O)c2cc(-c3cccs3)nn2C)sc1CC(C)C. The van der Waals surface area contributed by atoms with E-state index in [9.17, 15) is 9.59 Å². The van der Waals surface area contributed by atoms with Crippen molar-refractivity contribution in [2.24, 2.45) is 13.0 Å². The number of ether oxygens (including phenoxy) is 1. The molecule has 1 N–H and O–H groups in total. The Morgan fingerprint density at radius 1 is 1.37 bits per heavy atom. The molecule has 0 saturated heterocycles. The number of methoxy groups -OCH3 is 1. The lowest BCUT2D eigenvalue weighted by atomic mass is 10.1. The number of nitrogens with one attached hydrogen (secondary N) is 1. The first-order valence-corrected chi connectivity index (χ1v) is 10.1. The summed E-state index contributed by atoms with van der Waals surface area (Å²) in [5.41, 5.74) is 1.42. The summed E-state index contributed by atoms with van der Waals surface area (Å²) in [4.78, 5) is 30.7. The molecule has 0 aliphatic rings. The van der Waals surface area contributed by atoms with Crippen LogP contribution in [0.15, 0.2) is 23.6 Å². The zero-order valence-corrected chi connectivity index (χ0v) is 17.1. The lowest BCUT2D eigenvalue weighted by molar-refractivity contribution is 0.0593. The van der Waals surface area contributed by atoms with Crippen LogP contribution in [0.5, 0.6) is 0 Å². The topological polar surface area (TPSA) is 86.1 Å². The predicted octanol–water partition coefficient (Wildman–Crippen LogP) is 3.84. The van der Waals surface area contributed by atoms with Gasteiger partial charge in [0.1, 0.15) is 11.4 Å². The lowest BCUT2D eigenvalue weighted by Gasteiger charge is -2.02. The van der Waals surface area contributed by atoms with Gasteiger partial charge in [-0.1, -0.05) is 19.9 Å². The first-order valence-electron chi connectivity index (χ1n) is 8.36. The number of thiazole rings is 1. The summed E-state index contributed by atoms with van der Waals surface area (Å²) in [6.07, 6.45) is 0.687. The van der Waals surface area contributed by atoms with Gasteiger partial charge < -0.3 is 4.74 Å². The molecular weight excluding hydrogens is 384 g/mol. The zero-order chi connectivity index (χ0) is 19.6. The third-order valence-electron chi connectivity index (χ3n) is 3.78. The number of anilines is 1. The number of amides is 1. The Balaban J connectivity index is 1.84. The van der Waals surface area contributed by atoms with E-state index in [4.69, 9.17) is 4.74 Å². The van der Waals surface area contributed by atoms with Crippen molar-refractivity contribution in [3.63, 3.8) is 0 Å². The fourth-order valence-electron chi connectivity index (χ4n) is 2.56. The molecular formula is C18H20N4O3S2. The van der Waals surface area contributed by atoms with Crippen LogP contribution in [0.3, 0.4) is 0 Å². The van der Waals surface area contributed by atoms with Gasteiger partial charge in [-0.3, -0.25) is 14.8 Å².